The quantitative estimate of drug-likeness (QED) is 0.345. The van der Waals surface area contributed by atoms with Crippen LogP contribution < -0.4 is 4.90 Å². The van der Waals surface area contributed by atoms with Crippen LogP contribution in [0.15, 0.2) is 60.7 Å². The van der Waals surface area contributed by atoms with E-state index in [1.807, 2.05) is 47.4 Å². The zero-order valence-electron chi connectivity index (χ0n) is 18.0. The van der Waals surface area contributed by atoms with Crippen molar-refractivity contribution in [2.24, 2.45) is 0 Å². The number of anilines is 1. The van der Waals surface area contributed by atoms with Gasteiger partial charge < -0.3 is 9.47 Å². The molecule has 0 spiro atoms. The Morgan fingerprint density at radius 2 is 1.78 bits per heavy atom. The number of carbonyl (C=O) groups excluding carboxylic acids is 1. The molecule has 32 heavy (non-hydrogen) atoms. The average molecular weight is 464 g/mol. The molecule has 0 saturated carbocycles. The number of halogens is 2. The van der Waals surface area contributed by atoms with Crippen molar-refractivity contribution in [3.05, 3.63) is 93.2 Å². The van der Waals surface area contributed by atoms with E-state index in [2.05, 4.69) is 36.6 Å². The molecule has 1 unspecified atom stereocenters. The van der Waals surface area contributed by atoms with E-state index in [-0.39, 0.29) is 11.8 Å². The zero-order chi connectivity index (χ0) is 22.4. The second-order valence-electron chi connectivity index (χ2n) is 8.47. The first-order valence-corrected chi connectivity index (χ1v) is 11.4. The molecule has 1 aliphatic rings. The fraction of sp³-hybridized carbons (Fsp3) is 0.231. The van der Waals surface area contributed by atoms with Crippen molar-refractivity contribution in [1.29, 1.82) is 0 Å². The maximum Gasteiger partial charge on any atom is 0.227 e. The highest BCUT2D eigenvalue weighted by Gasteiger charge is 2.35. The first kappa shape index (κ1) is 21.0. The number of imidazole rings is 1. The third kappa shape index (κ3) is 3.78. The highest BCUT2D eigenvalue weighted by molar-refractivity contribution is 6.42. The summed E-state index contributed by atoms with van der Waals surface area (Å²) in [5.41, 5.74) is 6.38. The van der Waals surface area contributed by atoms with E-state index in [1.54, 1.807) is 0 Å². The van der Waals surface area contributed by atoms with E-state index < -0.39 is 0 Å². The summed E-state index contributed by atoms with van der Waals surface area (Å²) in [5, 5.41) is 1.07. The molecule has 0 aliphatic carbocycles. The Morgan fingerprint density at radius 3 is 2.56 bits per heavy atom. The number of aromatic nitrogens is 2. The van der Waals surface area contributed by atoms with Crippen LogP contribution in [0.5, 0.6) is 0 Å². The lowest BCUT2D eigenvalue weighted by atomic mass is 10.1. The molecule has 0 radical (unpaired) electrons. The van der Waals surface area contributed by atoms with Crippen molar-refractivity contribution in [2.45, 2.75) is 32.7 Å². The summed E-state index contributed by atoms with van der Waals surface area (Å²) in [7, 11) is 0. The lowest BCUT2D eigenvalue weighted by Gasteiger charge is -2.18. The molecule has 0 bridgehead atoms. The molecule has 1 fully saturated rings. The number of rotatable bonds is 4. The van der Waals surface area contributed by atoms with Gasteiger partial charge in [0.05, 0.1) is 21.1 Å². The number of aryl methyl sites for hydroxylation is 2. The van der Waals surface area contributed by atoms with Gasteiger partial charge >= 0.3 is 0 Å². The van der Waals surface area contributed by atoms with Gasteiger partial charge in [-0.2, -0.15) is 0 Å². The number of para-hydroxylation sites is 2. The summed E-state index contributed by atoms with van der Waals surface area (Å²) in [4.78, 5) is 19.8. The monoisotopic (exact) mass is 463 g/mol. The molecule has 1 aliphatic heterocycles. The van der Waals surface area contributed by atoms with Gasteiger partial charge in [-0.1, -0.05) is 47.5 Å². The summed E-state index contributed by atoms with van der Waals surface area (Å²) in [6, 6.07) is 20.0. The summed E-state index contributed by atoms with van der Waals surface area (Å²) in [6.45, 7) is 5.39. The molecule has 2 heterocycles. The van der Waals surface area contributed by atoms with Gasteiger partial charge in [-0.05, 0) is 66.9 Å². The van der Waals surface area contributed by atoms with Gasteiger partial charge in [0.15, 0.2) is 0 Å². The lowest BCUT2D eigenvalue weighted by Crippen LogP contribution is -2.24. The topological polar surface area (TPSA) is 38.1 Å². The van der Waals surface area contributed by atoms with Gasteiger partial charge in [0.2, 0.25) is 5.91 Å². The Balaban J connectivity index is 1.52. The third-order valence-corrected chi connectivity index (χ3v) is 7.04. The van der Waals surface area contributed by atoms with Crippen molar-refractivity contribution in [1.82, 2.24) is 9.55 Å². The van der Waals surface area contributed by atoms with E-state index in [0.29, 0.717) is 29.6 Å². The fourth-order valence-electron chi connectivity index (χ4n) is 4.42. The van der Waals surface area contributed by atoms with E-state index in [1.165, 1.54) is 11.1 Å². The van der Waals surface area contributed by atoms with E-state index in [4.69, 9.17) is 28.2 Å². The van der Waals surface area contributed by atoms with Crippen LogP contribution in [-0.2, 0) is 11.3 Å². The van der Waals surface area contributed by atoms with Gasteiger partial charge in [-0.15, -0.1) is 0 Å². The second-order valence-corrected chi connectivity index (χ2v) is 9.28. The highest BCUT2D eigenvalue weighted by atomic mass is 35.5. The standard InChI is InChI=1S/C26H23Cl2N3O/c1-16-7-9-20(11-17(16)2)30-15-19(13-25(30)32)26-29-23-5-3-4-6-24(23)31(26)14-18-8-10-21(27)22(28)12-18/h3-12,19H,13-15H2,1-2H3. The van der Waals surface area contributed by atoms with Crippen LogP contribution in [-0.4, -0.2) is 22.0 Å². The lowest BCUT2D eigenvalue weighted by molar-refractivity contribution is -0.117. The van der Waals surface area contributed by atoms with Gasteiger partial charge in [-0.25, -0.2) is 4.98 Å². The summed E-state index contributed by atoms with van der Waals surface area (Å²) < 4.78 is 2.21. The van der Waals surface area contributed by atoms with Crippen LogP contribution >= 0.6 is 23.2 Å². The molecular formula is C26H23Cl2N3O. The van der Waals surface area contributed by atoms with Gasteiger partial charge in [0.1, 0.15) is 5.82 Å². The Kier molecular flexibility index (Phi) is 5.44. The third-order valence-electron chi connectivity index (χ3n) is 6.30. The predicted octanol–water partition coefficient (Wildman–Crippen LogP) is 6.53. The van der Waals surface area contributed by atoms with Crippen LogP contribution in [0.2, 0.25) is 10.0 Å². The molecular weight excluding hydrogens is 441 g/mol. The molecule has 1 saturated heterocycles. The summed E-state index contributed by atoms with van der Waals surface area (Å²) in [5.74, 6) is 1.07. The van der Waals surface area contributed by atoms with E-state index in [0.717, 1.165) is 28.1 Å². The number of benzene rings is 3. The van der Waals surface area contributed by atoms with E-state index in [9.17, 15) is 4.79 Å². The SMILES string of the molecule is Cc1ccc(N2CC(c3nc4ccccc4n3Cc3ccc(Cl)c(Cl)c3)CC2=O)cc1C. The molecule has 0 N–H and O–H groups in total. The maximum absolute atomic E-state index is 13.0. The summed E-state index contributed by atoms with van der Waals surface area (Å²) in [6.07, 6.45) is 0.442. The number of nitrogens with zero attached hydrogens (tertiary/aromatic N) is 3. The Hall–Kier alpha value is -2.82. The molecule has 6 heteroatoms. The Labute approximate surface area is 197 Å². The molecule has 4 nitrogen and oxygen atoms in total. The predicted molar refractivity (Wildman–Crippen MR) is 131 cm³/mol. The Morgan fingerprint density at radius 1 is 0.969 bits per heavy atom. The largest absolute Gasteiger partial charge is 0.323 e. The van der Waals surface area contributed by atoms with Crippen molar-refractivity contribution in [2.75, 3.05) is 11.4 Å². The number of carbonyl (C=O) groups is 1. The van der Waals surface area contributed by atoms with Crippen LogP contribution in [0.25, 0.3) is 11.0 Å². The minimum Gasteiger partial charge on any atom is -0.323 e. The van der Waals surface area contributed by atoms with Crippen molar-refractivity contribution in [3.63, 3.8) is 0 Å². The minimum absolute atomic E-state index is 0.0132. The van der Waals surface area contributed by atoms with Gasteiger partial charge in [0, 0.05) is 31.1 Å². The number of fused-ring (bicyclic) bond motifs is 1. The number of hydrogen-bond acceptors (Lipinski definition) is 2. The smallest absolute Gasteiger partial charge is 0.227 e. The molecule has 1 atom stereocenters. The van der Waals surface area contributed by atoms with Crippen molar-refractivity contribution < 1.29 is 4.79 Å². The Bertz CT molecular complexity index is 1340. The summed E-state index contributed by atoms with van der Waals surface area (Å²) >= 11 is 12.4. The van der Waals surface area contributed by atoms with Crippen LogP contribution in [0.1, 0.15) is 34.9 Å². The fourth-order valence-corrected chi connectivity index (χ4v) is 4.74. The van der Waals surface area contributed by atoms with Crippen LogP contribution in [0.3, 0.4) is 0 Å². The number of amides is 1. The molecule has 1 aromatic heterocycles. The van der Waals surface area contributed by atoms with Crippen molar-refractivity contribution in [3.8, 4) is 0 Å². The number of hydrogen-bond donors (Lipinski definition) is 0. The second kappa shape index (κ2) is 8.27. The van der Waals surface area contributed by atoms with Crippen molar-refractivity contribution >= 4 is 45.8 Å². The first-order valence-electron chi connectivity index (χ1n) is 10.7. The molecule has 3 aromatic carbocycles. The normalized spacial score (nSPS) is 16.3. The van der Waals surface area contributed by atoms with Crippen LogP contribution in [0.4, 0.5) is 5.69 Å². The minimum atomic E-state index is 0.0132. The molecule has 5 rings (SSSR count). The highest BCUT2D eigenvalue weighted by Crippen LogP contribution is 2.34. The average Bonchev–Trinajstić information content (AvgIpc) is 3.33. The van der Waals surface area contributed by atoms with Gasteiger partial charge in [-0.3, -0.25) is 4.79 Å². The maximum atomic E-state index is 13.0. The molecule has 162 valence electrons. The van der Waals surface area contributed by atoms with E-state index >= 15 is 0 Å². The first-order chi connectivity index (χ1) is 15.4. The van der Waals surface area contributed by atoms with Crippen LogP contribution in [0, 0.1) is 13.8 Å². The molecule has 1 amide bonds. The zero-order valence-corrected chi connectivity index (χ0v) is 19.5. The molecule has 4 aromatic rings. The van der Waals surface area contributed by atoms with Gasteiger partial charge in [0.25, 0.3) is 0 Å².